The van der Waals surface area contributed by atoms with Crippen LogP contribution in [0.4, 0.5) is 14.9 Å². The van der Waals surface area contributed by atoms with Crippen molar-refractivity contribution in [3.8, 4) is 22.1 Å². The number of thiophene rings is 1. The number of nitrogens with one attached hydrogen (secondary N) is 2. The molecule has 36 heavy (non-hydrogen) atoms. The molecule has 0 unspecified atom stereocenters. The molecule has 7 nitrogen and oxygen atoms in total. The summed E-state index contributed by atoms with van der Waals surface area (Å²) in [5, 5.41) is 14.5. The number of rotatable bonds is 8. The van der Waals surface area contributed by atoms with Crippen LogP contribution >= 0.6 is 11.3 Å². The second-order valence-electron chi connectivity index (χ2n) is 8.70. The Kier molecular flexibility index (Phi) is 6.92. The number of carbonyl (C=O) groups excluding carboxylic acids is 1. The molecule has 3 N–H and O–H groups in total. The van der Waals surface area contributed by atoms with Crippen molar-refractivity contribution < 1.29 is 19.0 Å². The van der Waals surface area contributed by atoms with Crippen LogP contribution in [0.5, 0.6) is 11.5 Å². The van der Waals surface area contributed by atoms with Crippen LogP contribution in [-0.4, -0.2) is 33.8 Å². The number of amides is 2. The maximum atomic E-state index is 14.8. The Morgan fingerprint density at radius 2 is 2.06 bits per heavy atom. The lowest BCUT2D eigenvalue weighted by molar-refractivity contribution is 0.251. The summed E-state index contributed by atoms with van der Waals surface area (Å²) in [6.45, 7) is 2.09. The van der Waals surface area contributed by atoms with E-state index in [0.717, 1.165) is 44.8 Å². The third-order valence-electron chi connectivity index (χ3n) is 5.66. The first-order chi connectivity index (χ1) is 17.5. The summed E-state index contributed by atoms with van der Waals surface area (Å²) in [7, 11) is 0. The summed E-state index contributed by atoms with van der Waals surface area (Å²) < 4.78 is 21.5. The number of carbonyl (C=O) groups is 1. The molecular weight excluding hydrogens is 479 g/mol. The summed E-state index contributed by atoms with van der Waals surface area (Å²) in [5.74, 6) is -0.0394. The van der Waals surface area contributed by atoms with Gasteiger partial charge in [0.2, 0.25) is 0 Å². The molecular formula is C27H25FN4O3S. The number of hydrogen-bond acceptors (Lipinski definition) is 6. The first-order valence-electron chi connectivity index (χ1n) is 11.7. The first kappa shape index (κ1) is 23.9. The van der Waals surface area contributed by atoms with Gasteiger partial charge in [-0.3, -0.25) is 9.97 Å². The molecule has 0 bridgehead atoms. The van der Waals surface area contributed by atoms with E-state index in [9.17, 15) is 9.18 Å². The molecule has 1 aliphatic rings. The Bertz CT molecular complexity index is 1430. The molecule has 4 aromatic rings. The Morgan fingerprint density at radius 1 is 1.19 bits per heavy atom. The Hall–Kier alpha value is -3.82. The van der Waals surface area contributed by atoms with E-state index in [1.807, 2.05) is 31.2 Å². The van der Waals surface area contributed by atoms with Gasteiger partial charge >= 0.3 is 6.03 Å². The third kappa shape index (κ3) is 5.69. The maximum Gasteiger partial charge on any atom is 0.319 e. The fourth-order valence-corrected chi connectivity index (χ4v) is 4.69. The Balaban J connectivity index is 1.34. The van der Waals surface area contributed by atoms with Gasteiger partial charge in [0.1, 0.15) is 5.75 Å². The quantitative estimate of drug-likeness (QED) is 0.259. The molecule has 3 heterocycles. The van der Waals surface area contributed by atoms with Crippen LogP contribution in [0.15, 0.2) is 60.4 Å². The van der Waals surface area contributed by atoms with Crippen molar-refractivity contribution >= 4 is 39.3 Å². The van der Waals surface area contributed by atoms with Crippen molar-refractivity contribution in [3.05, 3.63) is 71.8 Å². The number of anilines is 1. The van der Waals surface area contributed by atoms with Gasteiger partial charge < -0.3 is 20.5 Å². The van der Waals surface area contributed by atoms with Crippen molar-refractivity contribution in [3.63, 3.8) is 0 Å². The van der Waals surface area contributed by atoms with Crippen molar-refractivity contribution in [2.24, 2.45) is 0 Å². The minimum Gasteiger partial charge on any atom is -0.453 e. The molecule has 3 aromatic heterocycles. The highest BCUT2D eigenvalue weighted by atomic mass is 32.1. The van der Waals surface area contributed by atoms with Crippen LogP contribution < -0.4 is 15.4 Å². The smallest absolute Gasteiger partial charge is 0.319 e. The minimum atomic E-state index is -0.581. The lowest BCUT2D eigenvalue weighted by Crippen LogP contribution is -2.30. The number of fused-ring (bicyclic) bond motifs is 1. The number of aliphatic hydroxyl groups excluding tert-OH is 1. The van der Waals surface area contributed by atoms with Gasteiger partial charge in [-0.15, -0.1) is 11.3 Å². The zero-order chi connectivity index (χ0) is 25.1. The zero-order valence-electron chi connectivity index (χ0n) is 19.6. The summed E-state index contributed by atoms with van der Waals surface area (Å²) in [4.78, 5) is 21.8. The number of nitrogens with zero attached hydrogens (tertiary/aromatic N) is 2. The summed E-state index contributed by atoms with van der Waals surface area (Å²) in [5.41, 5.74) is 3.93. The van der Waals surface area contributed by atoms with E-state index in [1.165, 1.54) is 23.5 Å². The fourth-order valence-electron chi connectivity index (χ4n) is 3.65. The molecule has 184 valence electrons. The highest BCUT2D eigenvalue weighted by Crippen LogP contribution is 2.39. The van der Waals surface area contributed by atoms with Crippen LogP contribution in [-0.2, 0) is 0 Å². The van der Waals surface area contributed by atoms with Gasteiger partial charge in [0.15, 0.2) is 11.6 Å². The number of urea groups is 1. The molecule has 5 rings (SSSR count). The van der Waals surface area contributed by atoms with Crippen LogP contribution in [0.25, 0.3) is 26.9 Å². The van der Waals surface area contributed by atoms with E-state index in [4.69, 9.17) is 9.84 Å². The lowest BCUT2D eigenvalue weighted by Gasteiger charge is -2.10. The number of aliphatic hydroxyl groups is 1. The number of halogens is 1. The average Bonchev–Trinajstić information content (AvgIpc) is 3.55. The normalized spacial score (nSPS) is 13.6. The summed E-state index contributed by atoms with van der Waals surface area (Å²) in [6.07, 6.45) is 7.99. The minimum absolute atomic E-state index is 0.0538. The van der Waals surface area contributed by atoms with E-state index >= 15 is 0 Å². The van der Waals surface area contributed by atoms with Gasteiger partial charge in [0.05, 0.1) is 20.8 Å². The number of benzene rings is 1. The number of hydrogen-bond donors (Lipinski definition) is 3. The van der Waals surface area contributed by atoms with Gasteiger partial charge in [0, 0.05) is 42.9 Å². The first-order valence-corrected chi connectivity index (χ1v) is 12.5. The van der Waals surface area contributed by atoms with E-state index in [-0.39, 0.29) is 24.4 Å². The molecule has 1 aromatic carbocycles. The van der Waals surface area contributed by atoms with Gasteiger partial charge in [0.25, 0.3) is 0 Å². The molecule has 1 aliphatic carbocycles. The molecule has 9 heteroatoms. The predicted octanol–water partition coefficient (Wildman–Crippen LogP) is 6.36. The molecule has 2 amide bonds. The van der Waals surface area contributed by atoms with Crippen LogP contribution in [0, 0.1) is 5.82 Å². The molecule has 0 saturated heterocycles. The van der Waals surface area contributed by atoms with E-state index in [0.29, 0.717) is 17.9 Å². The van der Waals surface area contributed by atoms with Crippen molar-refractivity contribution in [2.45, 2.75) is 32.2 Å². The van der Waals surface area contributed by atoms with Gasteiger partial charge in [-0.25, -0.2) is 9.18 Å². The zero-order valence-corrected chi connectivity index (χ0v) is 20.4. The second kappa shape index (κ2) is 10.4. The average molecular weight is 505 g/mol. The summed E-state index contributed by atoms with van der Waals surface area (Å²) >= 11 is 1.47. The number of aromatic nitrogens is 2. The standard InChI is InChI=1S/C27H25FN4O3S/c1-16(9-11-33)12-17-2-6-21(30-15-17)25-14-22-26(36-25)24(8-10-29-22)35-23-7-5-19(13-20(23)28)32-27(34)31-18-3-4-18/h2,5-8,10,12-15,18,33H,3-4,9,11H2,1H3,(H2,31,32,34)/b16-12+. The summed E-state index contributed by atoms with van der Waals surface area (Å²) in [6, 6.07) is 11.8. The van der Waals surface area contributed by atoms with E-state index in [1.54, 1.807) is 24.5 Å². The van der Waals surface area contributed by atoms with Crippen molar-refractivity contribution in [1.29, 1.82) is 0 Å². The SMILES string of the molecule is C/C(=C\c1ccc(-c2cc3nccc(Oc4ccc(NC(=O)NC5CC5)cc4F)c3s2)nc1)CCO. The topological polar surface area (TPSA) is 96.4 Å². The Labute approximate surface area is 211 Å². The third-order valence-corrected chi connectivity index (χ3v) is 6.82. The van der Waals surface area contributed by atoms with E-state index < -0.39 is 5.82 Å². The monoisotopic (exact) mass is 504 g/mol. The van der Waals surface area contributed by atoms with Crippen LogP contribution in [0.1, 0.15) is 31.7 Å². The molecule has 0 spiro atoms. The van der Waals surface area contributed by atoms with Crippen molar-refractivity contribution in [2.75, 3.05) is 11.9 Å². The van der Waals surface area contributed by atoms with Gasteiger partial charge in [-0.05, 0) is 56.0 Å². The fraction of sp³-hybridized carbons (Fsp3) is 0.222. The maximum absolute atomic E-state index is 14.8. The predicted molar refractivity (Wildman–Crippen MR) is 140 cm³/mol. The molecule has 0 aliphatic heterocycles. The van der Waals surface area contributed by atoms with Crippen LogP contribution in [0.2, 0.25) is 0 Å². The highest BCUT2D eigenvalue weighted by Gasteiger charge is 2.23. The van der Waals surface area contributed by atoms with Crippen molar-refractivity contribution in [1.82, 2.24) is 15.3 Å². The second-order valence-corrected chi connectivity index (χ2v) is 9.75. The van der Waals surface area contributed by atoms with E-state index in [2.05, 4.69) is 20.6 Å². The lowest BCUT2D eigenvalue weighted by atomic mass is 10.1. The number of pyridine rings is 2. The number of ether oxygens (including phenoxy) is 1. The highest BCUT2D eigenvalue weighted by molar-refractivity contribution is 7.22. The Morgan fingerprint density at radius 3 is 2.78 bits per heavy atom. The molecule has 0 atom stereocenters. The van der Waals surface area contributed by atoms with Crippen LogP contribution in [0.3, 0.4) is 0 Å². The molecule has 0 radical (unpaired) electrons. The van der Waals surface area contributed by atoms with Gasteiger partial charge in [-0.1, -0.05) is 17.7 Å². The molecule has 1 fully saturated rings. The van der Waals surface area contributed by atoms with Gasteiger partial charge in [-0.2, -0.15) is 0 Å². The largest absolute Gasteiger partial charge is 0.453 e. The molecule has 1 saturated carbocycles.